The van der Waals surface area contributed by atoms with E-state index in [9.17, 15) is 4.79 Å². The van der Waals surface area contributed by atoms with E-state index < -0.39 is 0 Å². The molecular formula is C13H19N3O. The maximum absolute atomic E-state index is 12.0. The van der Waals surface area contributed by atoms with E-state index in [-0.39, 0.29) is 5.91 Å². The highest BCUT2D eigenvalue weighted by Crippen LogP contribution is 2.36. The fraction of sp³-hybridized carbons (Fsp3) is 0.692. The number of carbonyl (C=O) groups is 1. The van der Waals surface area contributed by atoms with Gasteiger partial charge in [0.15, 0.2) is 0 Å². The molecule has 17 heavy (non-hydrogen) atoms. The van der Waals surface area contributed by atoms with E-state index in [1.54, 1.807) is 0 Å². The molecule has 1 saturated carbocycles. The van der Waals surface area contributed by atoms with E-state index in [1.165, 1.54) is 12.8 Å². The number of carbonyl (C=O) groups excluding carboxylic acids is 1. The maximum atomic E-state index is 12.0. The number of hydrogen-bond donors (Lipinski definition) is 0. The first-order valence-electron chi connectivity index (χ1n) is 6.49. The largest absolute Gasteiger partial charge is 0.309 e. The van der Waals surface area contributed by atoms with Crippen LogP contribution in [0.15, 0.2) is 12.4 Å². The Balaban J connectivity index is 1.76. The average molecular weight is 233 g/mol. The SMILES string of the molecule is CC(C)C1CC(=O)N(c2cnn(C3CC3)c2)C1. The molecular weight excluding hydrogens is 214 g/mol. The first-order chi connectivity index (χ1) is 8.15. The molecule has 3 rings (SSSR count). The van der Waals surface area contributed by atoms with Crippen molar-refractivity contribution in [3.63, 3.8) is 0 Å². The van der Waals surface area contributed by atoms with Crippen LogP contribution in [0.3, 0.4) is 0 Å². The van der Waals surface area contributed by atoms with Gasteiger partial charge in [-0.25, -0.2) is 0 Å². The van der Waals surface area contributed by atoms with Crippen LogP contribution in [0.25, 0.3) is 0 Å². The van der Waals surface area contributed by atoms with E-state index >= 15 is 0 Å². The molecule has 2 aliphatic rings. The Labute approximate surface area is 102 Å². The predicted molar refractivity (Wildman–Crippen MR) is 65.8 cm³/mol. The van der Waals surface area contributed by atoms with Crippen molar-refractivity contribution in [2.45, 2.75) is 39.2 Å². The van der Waals surface area contributed by atoms with Gasteiger partial charge >= 0.3 is 0 Å². The number of hydrogen-bond acceptors (Lipinski definition) is 2. The van der Waals surface area contributed by atoms with Gasteiger partial charge in [0.25, 0.3) is 0 Å². The molecule has 4 heteroatoms. The molecule has 92 valence electrons. The van der Waals surface area contributed by atoms with Crippen molar-refractivity contribution in [3.8, 4) is 0 Å². The molecule has 4 nitrogen and oxygen atoms in total. The highest BCUT2D eigenvalue weighted by atomic mass is 16.2. The van der Waals surface area contributed by atoms with Gasteiger partial charge in [-0.15, -0.1) is 0 Å². The summed E-state index contributed by atoms with van der Waals surface area (Å²) < 4.78 is 2.01. The highest BCUT2D eigenvalue weighted by Gasteiger charge is 2.33. The van der Waals surface area contributed by atoms with Crippen molar-refractivity contribution in [3.05, 3.63) is 12.4 Å². The summed E-state index contributed by atoms with van der Waals surface area (Å²) in [6, 6.07) is 0.586. The minimum absolute atomic E-state index is 0.249. The van der Waals surface area contributed by atoms with Crippen molar-refractivity contribution >= 4 is 11.6 Å². The zero-order valence-corrected chi connectivity index (χ0v) is 10.5. The molecule has 2 fully saturated rings. The van der Waals surface area contributed by atoms with Crippen LogP contribution in [0, 0.1) is 11.8 Å². The third-order valence-corrected chi connectivity index (χ3v) is 3.92. The predicted octanol–water partition coefficient (Wildman–Crippen LogP) is 2.23. The molecule has 1 unspecified atom stereocenters. The van der Waals surface area contributed by atoms with Crippen molar-refractivity contribution < 1.29 is 4.79 Å². The molecule has 2 heterocycles. The van der Waals surface area contributed by atoms with Gasteiger partial charge in [-0.1, -0.05) is 13.8 Å². The number of anilines is 1. The standard InChI is InChI=1S/C13H19N3O/c1-9(2)10-5-13(17)15(7-10)12-6-14-16(8-12)11-3-4-11/h6,8-11H,3-5,7H2,1-2H3. The van der Waals surface area contributed by atoms with Crippen molar-refractivity contribution in [2.75, 3.05) is 11.4 Å². The molecule has 1 atom stereocenters. The van der Waals surface area contributed by atoms with E-state index in [0.29, 0.717) is 24.3 Å². The van der Waals surface area contributed by atoms with Crippen LogP contribution < -0.4 is 4.90 Å². The molecule has 0 radical (unpaired) electrons. The highest BCUT2D eigenvalue weighted by molar-refractivity contribution is 5.95. The molecule has 0 spiro atoms. The lowest BCUT2D eigenvalue weighted by atomic mass is 9.95. The third kappa shape index (κ3) is 1.96. The molecule has 0 bridgehead atoms. The minimum Gasteiger partial charge on any atom is -0.309 e. The Bertz CT molecular complexity index is 434. The minimum atomic E-state index is 0.249. The average Bonchev–Trinajstić information content (AvgIpc) is 2.88. The van der Waals surface area contributed by atoms with Gasteiger partial charge in [-0.3, -0.25) is 9.48 Å². The molecule has 1 amide bonds. The quantitative estimate of drug-likeness (QED) is 0.803. The summed E-state index contributed by atoms with van der Waals surface area (Å²) in [7, 11) is 0. The van der Waals surface area contributed by atoms with Crippen LogP contribution in [0.1, 0.15) is 39.2 Å². The van der Waals surface area contributed by atoms with Crippen molar-refractivity contribution in [2.24, 2.45) is 11.8 Å². The number of nitrogens with zero attached hydrogens (tertiary/aromatic N) is 3. The zero-order valence-electron chi connectivity index (χ0n) is 10.5. The van der Waals surface area contributed by atoms with Crippen LogP contribution >= 0.6 is 0 Å². The topological polar surface area (TPSA) is 38.1 Å². The normalized spacial score (nSPS) is 25.0. The second kappa shape index (κ2) is 3.86. The monoisotopic (exact) mass is 233 g/mol. The zero-order chi connectivity index (χ0) is 12.0. The summed E-state index contributed by atoms with van der Waals surface area (Å²) in [6.45, 7) is 5.23. The second-order valence-corrected chi connectivity index (χ2v) is 5.62. The van der Waals surface area contributed by atoms with E-state index in [4.69, 9.17) is 0 Å². The lowest BCUT2D eigenvalue weighted by molar-refractivity contribution is -0.117. The fourth-order valence-corrected chi connectivity index (χ4v) is 2.44. The molecule has 0 N–H and O–H groups in total. The van der Waals surface area contributed by atoms with E-state index in [2.05, 4.69) is 18.9 Å². The lowest BCUT2D eigenvalue weighted by Gasteiger charge is -2.16. The Kier molecular flexibility index (Phi) is 2.45. The Morgan fingerprint density at radius 1 is 1.41 bits per heavy atom. The summed E-state index contributed by atoms with van der Waals surface area (Å²) in [4.78, 5) is 13.9. The molecule has 1 aliphatic carbocycles. The summed E-state index contributed by atoms with van der Waals surface area (Å²) in [6.07, 6.45) is 7.00. The molecule has 1 saturated heterocycles. The fourth-order valence-electron chi connectivity index (χ4n) is 2.44. The van der Waals surface area contributed by atoms with E-state index in [0.717, 1.165) is 12.2 Å². The Morgan fingerprint density at radius 3 is 2.76 bits per heavy atom. The summed E-state index contributed by atoms with van der Waals surface area (Å²) in [5.41, 5.74) is 0.977. The molecule has 1 aliphatic heterocycles. The van der Waals surface area contributed by atoms with Gasteiger partial charge in [0.05, 0.1) is 17.9 Å². The Morgan fingerprint density at radius 2 is 2.18 bits per heavy atom. The summed E-state index contributed by atoms with van der Waals surface area (Å²) in [5.74, 6) is 1.31. The van der Waals surface area contributed by atoms with Gasteiger partial charge < -0.3 is 4.90 Å². The van der Waals surface area contributed by atoms with Crippen molar-refractivity contribution in [1.82, 2.24) is 9.78 Å². The van der Waals surface area contributed by atoms with E-state index in [1.807, 2.05) is 22.0 Å². The summed E-state index contributed by atoms with van der Waals surface area (Å²) >= 11 is 0. The van der Waals surface area contributed by atoms with Gasteiger partial charge in [0.1, 0.15) is 0 Å². The van der Waals surface area contributed by atoms with Crippen LogP contribution in [-0.2, 0) is 4.79 Å². The van der Waals surface area contributed by atoms with Gasteiger partial charge in [-0.05, 0) is 24.7 Å². The van der Waals surface area contributed by atoms with Crippen LogP contribution in [-0.4, -0.2) is 22.2 Å². The number of amides is 1. The maximum Gasteiger partial charge on any atom is 0.227 e. The number of aromatic nitrogens is 2. The van der Waals surface area contributed by atoms with Crippen LogP contribution in [0.5, 0.6) is 0 Å². The van der Waals surface area contributed by atoms with Crippen molar-refractivity contribution in [1.29, 1.82) is 0 Å². The second-order valence-electron chi connectivity index (χ2n) is 5.62. The number of rotatable bonds is 3. The van der Waals surface area contributed by atoms with Crippen LogP contribution in [0.2, 0.25) is 0 Å². The van der Waals surface area contributed by atoms with Gasteiger partial charge in [0.2, 0.25) is 5.91 Å². The lowest BCUT2D eigenvalue weighted by Crippen LogP contribution is -2.24. The van der Waals surface area contributed by atoms with Gasteiger partial charge in [0, 0.05) is 19.2 Å². The summed E-state index contributed by atoms with van der Waals surface area (Å²) in [5, 5.41) is 4.35. The Hall–Kier alpha value is -1.32. The first-order valence-corrected chi connectivity index (χ1v) is 6.49. The smallest absolute Gasteiger partial charge is 0.227 e. The molecule has 1 aromatic rings. The molecule has 0 aromatic carbocycles. The third-order valence-electron chi connectivity index (χ3n) is 3.92. The van der Waals surface area contributed by atoms with Gasteiger partial charge in [-0.2, -0.15) is 5.10 Å². The first kappa shape index (κ1) is 10.8. The van der Waals surface area contributed by atoms with Crippen LogP contribution in [0.4, 0.5) is 5.69 Å². The molecule has 1 aromatic heterocycles.